The van der Waals surface area contributed by atoms with E-state index in [4.69, 9.17) is 4.74 Å². The van der Waals surface area contributed by atoms with E-state index in [1.54, 1.807) is 24.4 Å². The lowest BCUT2D eigenvalue weighted by Crippen LogP contribution is -2.27. The standard InChI is InChI=1S/C26H27N5O2S/c1-18-5-8-22(15-19(18)2)31-25(21-11-13-27-14-12-21)28-29-26(31)34-17-24(32)30(3)16-20-6-9-23(33-4)10-7-20/h5-15H,16-17H2,1-4H3. The van der Waals surface area contributed by atoms with E-state index >= 15 is 0 Å². The Morgan fingerprint density at radius 2 is 1.74 bits per heavy atom. The van der Waals surface area contributed by atoms with E-state index in [1.165, 1.54) is 22.9 Å². The molecule has 174 valence electrons. The number of aryl methyl sites for hydroxylation is 2. The number of methoxy groups -OCH3 is 1. The third-order valence-corrected chi connectivity index (χ3v) is 6.56. The zero-order valence-corrected chi connectivity index (χ0v) is 20.5. The molecule has 8 heteroatoms. The minimum Gasteiger partial charge on any atom is -0.497 e. The fraction of sp³-hybridized carbons (Fsp3) is 0.231. The van der Waals surface area contributed by atoms with Gasteiger partial charge >= 0.3 is 0 Å². The molecule has 0 saturated heterocycles. The molecule has 0 saturated carbocycles. The summed E-state index contributed by atoms with van der Waals surface area (Å²) < 4.78 is 7.21. The monoisotopic (exact) mass is 473 g/mol. The van der Waals surface area contributed by atoms with E-state index < -0.39 is 0 Å². The van der Waals surface area contributed by atoms with E-state index in [2.05, 4.69) is 47.2 Å². The molecule has 4 rings (SSSR count). The van der Waals surface area contributed by atoms with Crippen molar-refractivity contribution >= 4 is 17.7 Å². The Morgan fingerprint density at radius 1 is 1.00 bits per heavy atom. The molecule has 4 aromatic rings. The summed E-state index contributed by atoms with van der Waals surface area (Å²) in [6.07, 6.45) is 3.47. The van der Waals surface area contributed by atoms with Gasteiger partial charge in [0.1, 0.15) is 5.75 Å². The average Bonchev–Trinajstić information content (AvgIpc) is 3.29. The Morgan fingerprint density at radius 3 is 2.41 bits per heavy atom. The van der Waals surface area contributed by atoms with Gasteiger partial charge in [-0.1, -0.05) is 30.0 Å². The van der Waals surface area contributed by atoms with E-state index in [0.717, 1.165) is 22.6 Å². The Bertz CT molecular complexity index is 1270. The summed E-state index contributed by atoms with van der Waals surface area (Å²) in [6.45, 7) is 4.69. The fourth-order valence-corrected chi connectivity index (χ4v) is 4.37. The van der Waals surface area contributed by atoms with Crippen LogP contribution in [0.3, 0.4) is 0 Å². The molecule has 2 aromatic heterocycles. The normalized spacial score (nSPS) is 10.8. The van der Waals surface area contributed by atoms with Gasteiger partial charge in [-0.05, 0) is 66.9 Å². The van der Waals surface area contributed by atoms with Crippen molar-refractivity contribution < 1.29 is 9.53 Å². The molecule has 0 aliphatic heterocycles. The van der Waals surface area contributed by atoms with Crippen LogP contribution in [0.1, 0.15) is 16.7 Å². The predicted octanol–water partition coefficient (Wildman–Crippen LogP) is 4.71. The summed E-state index contributed by atoms with van der Waals surface area (Å²) in [5, 5.41) is 9.54. The van der Waals surface area contributed by atoms with Crippen molar-refractivity contribution in [2.24, 2.45) is 0 Å². The number of ether oxygens (including phenoxy) is 1. The van der Waals surface area contributed by atoms with Crippen molar-refractivity contribution in [2.45, 2.75) is 25.5 Å². The number of rotatable bonds is 8. The third kappa shape index (κ3) is 5.28. The molecular weight excluding hydrogens is 446 g/mol. The van der Waals surface area contributed by atoms with Crippen LogP contribution in [0.5, 0.6) is 5.75 Å². The first-order valence-corrected chi connectivity index (χ1v) is 11.9. The molecular formula is C26H27N5O2S. The van der Waals surface area contributed by atoms with Gasteiger partial charge in [-0.15, -0.1) is 10.2 Å². The average molecular weight is 474 g/mol. The summed E-state index contributed by atoms with van der Waals surface area (Å²) in [7, 11) is 3.45. The summed E-state index contributed by atoms with van der Waals surface area (Å²) in [6, 6.07) is 17.8. The highest BCUT2D eigenvalue weighted by Crippen LogP contribution is 2.29. The number of amides is 1. The molecule has 0 aliphatic rings. The highest BCUT2D eigenvalue weighted by Gasteiger charge is 2.19. The van der Waals surface area contributed by atoms with Gasteiger partial charge in [0.05, 0.1) is 18.6 Å². The maximum atomic E-state index is 12.9. The fourth-order valence-electron chi connectivity index (χ4n) is 3.48. The number of nitrogens with zero attached hydrogens (tertiary/aromatic N) is 5. The number of carbonyl (C=O) groups is 1. The van der Waals surface area contributed by atoms with Gasteiger partial charge in [0.15, 0.2) is 11.0 Å². The van der Waals surface area contributed by atoms with Crippen LogP contribution in [-0.4, -0.2) is 50.5 Å². The zero-order chi connectivity index (χ0) is 24.1. The predicted molar refractivity (Wildman–Crippen MR) is 134 cm³/mol. The molecule has 0 spiro atoms. The molecule has 0 bridgehead atoms. The lowest BCUT2D eigenvalue weighted by molar-refractivity contribution is -0.127. The van der Waals surface area contributed by atoms with E-state index in [-0.39, 0.29) is 11.7 Å². The second kappa shape index (κ2) is 10.5. The number of carbonyl (C=O) groups excluding carboxylic acids is 1. The van der Waals surface area contributed by atoms with Gasteiger partial charge in [-0.3, -0.25) is 14.3 Å². The van der Waals surface area contributed by atoms with Crippen molar-refractivity contribution in [3.8, 4) is 22.8 Å². The first kappa shape index (κ1) is 23.5. The maximum Gasteiger partial charge on any atom is 0.233 e. The topological polar surface area (TPSA) is 73.1 Å². The van der Waals surface area contributed by atoms with Crippen molar-refractivity contribution in [1.29, 1.82) is 0 Å². The Balaban J connectivity index is 1.54. The Kier molecular flexibility index (Phi) is 7.27. The number of hydrogen-bond donors (Lipinski definition) is 0. The van der Waals surface area contributed by atoms with Crippen LogP contribution in [0.25, 0.3) is 17.1 Å². The van der Waals surface area contributed by atoms with Gasteiger partial charge in [-0.25, -0.2) is 0 Å². The van der Waals surface area contributed by atoms with Crippen LogP contribution >= 0.6 is 11.8 Å². The first-order valence-electron chi connectivity index (χ1n) is 10.9. The molecule has 0 radical (unpaired) electrons. The number of aromatic nitrogens is 4. The molecule has 34 heavy (non-hydrogen) atoms. The quantitative estimate of drug-likeness (QED) is 0.345. The smallest absolute Gasteiger partial charge is 0.233 e. The second-order valence-corrected chi connectivity index (χ2v) is 8.98. The minimum absolute atomic E-state index is 0.0147. The van der Waals surface area contributed by atoms with Crippen LogP contribution < -0.4 is 4.74 Å². The van der Waals surface area contributed by atoms with Crippen LogP contribution in [0.4, 0.5) is 0 Å². The summed E-state index contributed by atoms with van der Waals surface area (Å²) in [4.78, 5) is 18.7. The zero-order valence-electron chi connectivity index (χ0n) is 19.7. The van der Waals surface area contributed by atoms with Crippen molar-refractivity contribution in [3.05, 3.63) is 83.7 Å². The highest BCUT2D eigenvalue weighted by molar-refractivity contribution is 7.99. The second-order valence-electron chi connectivity index (χ2n) is 8.03. The number of thioether (sulfide) groups is 1. The van der Waals surface area contributed by atoms with E-state index in [0.29, 0.717) is 17.5 Å². The molecule has 0 aliphatic carbocycles. The van der Waals surface area contributed by atoms with Crippen LogP contribution in [-0.2, 0) is 11.3 Å². The SMILES string of the molecule is COc1ccc(CN(C)C(=O)CSc2nnc(-c3ccncc3)n2-c2ccc(C)c(C)c2)cc1. The molecule has 2 aromatic carbocycles. The molecule has 0 N–H and O–H groups in total. The van der Waals surface area contributed by atoms with E-state index in [1.807, 2.05) is 48.0 Å². The van der Waals surface area contributed by atoms with Gasteiger partial charge in [0, 0.05) is 31.5 Å². The van der Waals surface area contributed by atoms with Gasteiger partial charge in [-0.2, -0.15) is 0 Å². The maximum absolute atomic E-state index is 12.9. The molecule has 2 heterocycles. The largest absolute Gasteiger partial charge is 0.497 e. The Hall–Kier alpha value is -3.65. The van der Waals surface area contributed by atoms with Gasteiger partial charge in [0.2, 0.25) is 5.91 Å². The summed E-state index contributed by atoms with van der Waals surface area (Å²) in [5.74, 6) is 1.78. The molecule has 1 amide bonds. The molecule has 0 fully saturated rings. The van der Waals surface area contributed by atoms with Gasteiger partial charge in [0.25, 0.3) is 0 Å². The van der Waals surface area contributed by atoms with E-state index in [9.17, 15) is 4.79 Å². The first-order chi connectivity index (χ1) is 16.5. The number of hydrogen-bond acceptors (Lipinski definition) is 6. The van der Waals surface area contributed by atoms with Crippen molar-refractivity contribution in [2.75, 3.05) is 19.9 Å². The number of benzene rings is 2. The third-order valence-electron chi connectivity index (χ3n) is 5.65. The van der Waals surface area contributed by atoms with Crippen molar-refractivity contribution in [1.82, 2.24) is 24.6 Å². The lowest BCUT2D eigenvalue weighted by atomic mass is 10.1. The number of pyridine rings is 1. The highest BCUT2D eigenvalue weighted by atomic mass is 32.2. The van der Waals surface area contributed by atoms with Crippen LogP contribution in [0.15, 0.2) is 72.1 Å². The summed E-state index contributed by atoms with van der Waals surface area (Å²) >= 11 is 1.38. The lowest BCUT2D eigenvalue weighted by Gasteiger charge is -2.17. The molecule has 0 atom stereocenters. The minimum atomic E-state index is 0.0147. The molecule has 7 nitrogen and oxygen atoms in total. The van der Waals surface area contributed by atoms with Crippen molar-refractivity contribution in [3.63, 3.8) is 0 Å². The summed E-state index contributed by atoms with van der Waals surface area (Å²) in [5.41, 5.74) is 5.31. The molecule has 0 unspecified atom stereocenters. The van der Waals surface area contributed by atoms with Crippen LogP contribution in [0, 0.1) is 13.8 Å². The van der Waals surface area contributed by atoms with Crippen LogP contribution in [0.2, 0.25) is 0 Å². The Labute approximate surface area is 203 Å². The van der Waals surface area contributed by atoms with Gasteiger partial charge < -0.3 is 9.64 Å².